The molecule has 0 saturated carbocycles. The van der Waals surface area contributed by atoms with Crippen molar-refractivity contribution in [2.24, 2.45) is 0 Å². The predicted octanol–water partition coefficient (Wildman–Crippen LogP) is 2.31. The molecule has 0 N–H and O–H groups in total. The standard InChI is InChI=1S/C10H8O2/c1-2-7-12-10(5-1)9-4-3-6-11-8-9/h2-3,5-8H,4H2. The molecule has 0 spiro atoms. The van der Waals surface area contributed by atoms with Crippen LogP contribution in [-0.2, 0) is 9.47 Å². The minimum atomic E-state index is 0.807. The molecule has 2 rings (SSSR count). The normalized spacial score (nSPS) is 20.7. The molecule has 2 radical (unpaired) electrons. The lowest BCUT2D eigenvalue weighted by atomic mass is 10.1. The molecule has 0 atom stereocenters. The molecule has 0 saturated heterocycles. The van der Waals surface area contributed by atoms with Crippen LogP contribution in [0.3, 0.4) is 0 Å². The second kappa shape index (κ2) is 3.30. The number of ether oxygens (including phenoxy) is 2. The summed E-state index contributed by atoms with van der Waals surface area (Å²) in [5.74, 6) is 0.807. The smallest absolute Gasteiger partial charge is 0.130 e. The lowest BCUT2D eigenvalue weighted by Crippen LogP contribution is -1.97. The second-order valence-electron chi connectivity index (χ2n) is 2.45. The molecule has 2 aliphatic heterocycles. The van der Waals surface area contributed by atoms with Crippen LogP contribution in [0.5, 0.6) is 0 Å². The molecular weight excluding hydrogens is 152 g/mol. The summed E-state index contributed by atoms with van der Waals surface area (Å²) in [6.07, 6.45) is 14.2. The van der Waals surface area contributed by atoms with E-state index in [0.717, 1.165) is 17.8 Å². The maximum absolute atomic E-state index is 5.25. The Morgan fingerprint density at radius 3 is 3.00 bits per heavy atom. The summed E-state index contributed by atoms with van der Waals surface area (Å²) in [5, 5.41) is 0. The summed E-state index contributed by atoms with van der Waals surface area (Å²) >= 11 is 0. The van der Waals surface area contributed by atoms with Crippen molar-refractivity contribution in [3.05, 3.63) is 54.8 Å². The summed E-state index contributed by atoms with van der Waals surface area (Å²) < 4.78 is 10.3. The van der Waals surface area contributed by atoms with Crippen LogP contribution in [0.4, 0.5) is 0 Å². The molecule has 2 nitrogen and oxygen atoms in total. The minimum Gasteiger partial charge on any atom is -0.473 e. The van der Waals surface area contributed by atoms with Crippen molar-refractivity contribution in [3.63, 3.8) is 0 Å². The highest BCUT2D eigenvalue weighted by Crippen LogP contribution is 2.22. The first-order chi connectivity index (χ1) is 5.97. The Kier molecular flexibility index (Phi) is 1.99. The largest absolute Gasteiger partial charge is 0.473 e. The lowest BCUT2D eigenvalue weighted by molar-refractivity contribution is 0.336. The van der Waals surface area contributed by atoms with Gasteiger partial charge in [-0.2, -0.15) is 0 Å². The fourth-order valence-electron chi connectivity index (χ4n) is 1.03. The summed E-state index contributed by atoms with van der Waals surface area (Å²) in [6.45, 7) is 0. The van der Waals surface area contributed by atoms with Crippen molar-refractivity contribution in [1.82, 2.24) is 0 Å². The van der Waals surface area contributed by atoms with Crippen molar-refractivity contribution < 1.29 is 9.47 Å². The van der Waals surface area contributed by atoms with Crippen LogP contribution in [0, 0.1) is 6.42 Å². The van der Waals surface area contributed by atoms with Crippen LogP contribution < -0.4 is 0 Å². The Hall–Kier alpha value is -1.44. The van der Waals surface area contributed by atoms with E-state index in [1.54, 1.807) is 30.9 Å². The van der Waals surface area contributed by atoms with Gasteiger partial charge in [0.25, 0.3) is 0 Å². The predicted molar refractivity (Wildman–Crippen MR) is 44.5 cm³/mol. The molecule has 0 amide bonds. The number of allylic oxidation sites excluding steroid dienone is 4. The molecule has 0 aromatic carbocycles. The molecule has 0 aromatic rings. The first-order valence-electron chi connectivity index (χ1n) is 3.74. The van der Waals surface area contributed by atoms with E-state index in [1.807, 2.05) is 6.08 Å². The average Bonchev–Trinajstić information content (AvgIpc) is 2.21. The Morgan fingerprint density at radius 2 is 2.33 bits per heavy atom. The molecule has 0 aliphatic carbocycles. The van der Waals surface area contributed by atoms with Crippen molar-refractivity contribution in [3.8, 4) is 0 Å². The second-order valence-corrected chi connectivity index (χ2v) is 2.45. The van der Waals surface area contributed by atoms with E-state index in [4.69, 9.17) is 9.47 Å². The van der Waals surface area contributed by atoms with E-state index < -0.39 is 0 Å². The van der Waals surface area contributed by atoms with E-state index >= 15 is 0 Å². The highest BCUT2D eigenvalue weighted by atomic mass is 16.5. The number of rotatable bonds is 1. The quantitative estimate of drug-likeness (QED) is 0.586. The third kappa shape index (κ3) is 1.42. The van der Waals surface area contributed by atoms with Crippen molar-refractivity contribution in [1.29, 1.82) is 0 Å². The third-order valence-electron chi connectivity index (χ3n) is 1.61. The summed E-state index contributed by atoms with van der Waals surface area (Å²) in [6, 6.07) is 0. The Bertz CT molecular complexity index is 252. The van der Waals surface area contributed by atoms with E-state index in [9.17, 15) is 0 Å². The van der Waals surface area contributed by atoms with Crippen molar-refractivity contribution >= 4 is 0 Å². The fraction of sp³-hybridized carbons (Fsp3) is 0.100. The van der Waals surface area contributed by atoms with E-state index in [2.05, 4.69) is 6.42 Å². The lowest BCUT2D eigenvalue weighted by Gasteiger charge is -2.13. The van der Waals surface area contributed by atoms with Gasteiger partial charge in [0.1, 0.15) is 5.76 Å². The van der Waals surface area contributed by atoms with Gasteiger partial charge in [0.15, 0.2) is 0 Å². The summed E-state index contributed by atoms with van der Waals surface area (Å²) in [4.78, 5) is 0. The van der Waals surface area contributed by atoms with Gasteiger partial charge >= 0.3 is 0 Å². The molecule has 2 heteroatoms. The highest BCUT2D eigenvalue weighted by molar-refractivity contribution is 5.33. The highest BCUT2D eigenvalue weighted by Gasteiger charge is 2.08. The first kappa shape index (κ1) is 7.22. The summed E-state index contributed by atoms with van der Waals surface area (Å²) in [5.41, 5.74) is 1.04. The van der Waals surface area contributed by atoms with Crippen LogP contribution >= 0.6 is 0 Å². The number of hydrogen-bond acceptors (Lipinski definition) is 2. The van der Waals surface area contributed by atoms with E-state index in [0.29, 0.717) is 0 Å². The van der Waals surface area contributed by atoms with Crippen LogP contribution in [-0.4, -0.2) is 0 Å². The zero-order valence-corrected chi connectivity index (χ0v) is 6.49. The molecular formula is C10H8O2. The molecule has 12 heavy (non-hydrogen) atoms. The van der Waals surface area contributed by atoms with Gasteiger partial charge < -0.3 is 9.47 Å². The van der Waals surface area contributed by atoms with Gasteiger partial charge in [-0.1, -0.05) is 0 Å². The van der Waals surface area contributed by atoms with Gasteiger partial charge in [0.2, 0.25) is 0 Å². The van der Waals surface area contributed by atoms with E-state index in [-0.39, 0.29) is 0 Å². The maximum Gasteiger partial charge on any atom is 0.130 e. The maximum atomic E-state index is 5.25. The zero-order valence-electron chi connectivity index (χ0n) is 6.49. The first-order valence-corrected chi connectivity index (χ1v) is 3.74. The van der Waals surface area contributed by atoms with E-state index in [1.165, 1.54) is 0 Å². The molecule has 0 unspecified atom stereocenters. The Balaban J connectivity index is 2.08. The van der Waals surface area contributed by atoms with Crippen LogP contribution in [0.15, 0.2) is 48.3 Å². The van der Waals surface area contributed by atoms with Gasteiger partial charge in [0, 0.05) is 18.4 Å². The van der Waals surface area contributed by atoms with Gasteiger partial charge in [-0.3, -0.25) is 0 Å². The van der Waals surface area contributed by atoms with Crippen LogP contribution in [0.1, 0.15) is 6.42 Å². The molecule has 0 fully saturated rings. The topological polar surface area (TPSA) is 18.5 Å². The molecule has 0 aromatic heterocycles. The third-order valence-corrected chi connectivity index (χ3v) is 1.61. The van der Waals surface area contributed by atoms with Crippen LogP contribution in [0.2, 0.25) is 0 Å². The Labute approximate surface area is 71.5 Å². The minimum absolute atomic E-state index is 0.807. The average molecular weight is 160 g/mol. The molecule has 2 aliphatic rings. The monoisotopic (exact) mass is 160 g/mol. The SMILES string of the molecule is [C]1C=COC(C2=COC=CC2)=C1. The van der Waals surface area contributed by atoms with Gasteiger partial charge in [-0.25, -0.2) is 0 Å². The van der Waals surface area contributed by atoms with Gasteiger partial charge in [-0.05, 0) is 18.2 Å². The zero-order chi connectivity index (χ0) is 8.23. The molecule has 60 valence electrons. The summed E-state index contributed by atoms with van der Waals surface area (Å²) in [7, 11) is 0. The molecule has 0 bridgehead atoms. The Morgan fingerprint density at radius 1 is 1.33 bits per heavy atom. The van der Waals surface area contributed by atoms with Gasteiger partial charge in [-0.15, -0.1) is 0 Å². The number of hydrogen-bond donors (Lipinski definition) is 0. The fourth-order valence-corrected chi connectivity index (χ4v) is 1.03. The molecule has 2 heterocycles. The van der Waals surface area contributed by atoms with Crippen molar-refractivity contribution in [2.75, 3.05) is 0 Å². The van der Waals surface area contributed by atoms with Crippen molar-refractivity contribution in [2.45, 2.75) is 6.42 Å². The van der Waals surface area contributed by atoms with Crippen LogP contribution in [0.25, 0.3) is 0 Å². The van der Waals surface area contributed by atoms with Gasteiger partial charge in [0.05, 0.1) is 18.8 Å².